The van der Waals surface area contributed by atoms with Crippen molar-refractivity contribution in [3.63, 3.8) is 0 Å². The van der Waals surface area contributed by atoms with Gasteiger partial charge in [0, 0.05) is 11.0 Å². The van der Waals surface area contributed by atoms with Gasteiger partial charge in [0.25, 0.3) is 0 Å². The molecule has 6 heteroatoms. The third kappa shape index (κ3) is 4.17. The van der Waals surface area contributed by atoms with Crippen molar-refractivity contribution in [1.29, 1.82) is 0 Å². The minimum atomic E-state index is 0.353. The molecule has 0 aliphatic rings. The predicted molar refractivity (Wildman–Crippen MR) is 92.2 cm³/mol. The molecule has 2 rings (SSSR count). The molecular formula is C15H17Br2N3O. The Bertz CT molecular complexity index is 632. The first-order chi connectivity index (χ1) is 10.0. The molecule has 0 spiro atoms. The van der Waals surface area contributed by atoms with E-state index in [2.05, 4.69) is 67.1 Å². The maximum Gasteiger partial charge on any atom is 0.238 e. The van der Waals surface area contributed by atoms with E-state index >= 15 is 0 Å². The molecule has 0 bridgehead atoms. The lowest BCUT2D eigenvalue weighted by molar-refractivity contribution is 0.450. The van der Waals surface area contributed by atoms with Crippen LogP contribution in [0.15, 0.2) is 33.3 Å². The SMILES string of the molecule is CCNc1ncc(Br)c(Oc2ccc(Br)cc2C(C)C)n1. The molecule has 0 atom stereocenters. The summed E-state index contributed by atoms with van der Waals surface area (Å²) in [6, 6.07) is 5.97. The molecule has 0 amide bonds. The molecule has 0 saturated carbocycles. The van der Waals surface area contributed by atoms with E-state index in [1.807, 2.05) is 19.1 Å². The van der Waals surface area contributed by atoms with Crippen LogP contribution in [0.25, 0.3) is 0 Å². The fraction of sp³-hybridized carbons (Fsp3) is 0.333. The van der Waals surface area contributed by atoms with Crippen LogP contribution in [0, 0.1) is 0 Å². The maximum atomic E-state index is 5.98. The van der Waals surface area contributed by atoms with E-state index in [1.54, 1.807) is 6.20 Å². The number of benzene rings is 1. The molecule has 4 nitrogen and oxygen atoms in total. The number of hydrogen-bond acceptors (Lipinski definition) is 4. The Hall–Kier alpha value is -1.14. The van der Waals surface area contributed by atoms with Crippen molar-refractivity contribution in [2.75, 3.05) is 11.9 Å². The van der Waals surface area contributed by atoms with Gasteiger partial charge in [-0.15, -0.1) is 0 Å². The summed E-state index contributed by atoms with van der Waals surface area (Å²) >= 11 is 6.92. The molecule has 1 aromatic carbocycles. The van der Waals surface area contributed by atoms with Gasteiger partial charge in [-0.2, -0.15) is 4.98 Å². The molecule has 0 aliphatic heterocycles. The van der Waals surface area contributed by atoms with Crippen molar-refractivity contribution >= 4 is 37.8 Å². The predicted octanol–water partition coefficient (Wildman–Crippen LogP) is 5.35. The molecule has 2 aromatic rings. The summed E-state index contributed by atoms with van der Waals surface area (Å²) < 4.78 is 7.74. The Morgan fingerprint density at radius 2 is 2.05 bits per heavy atom. The summed E-state index contributed by atoms with van der Waals surface area (Å²) in [5.74, 6) is 2.21. The Kier molecular flexibility index (Phi) is 5.58. The van der Waals surface area contributed by atoms with Gasteiger partial charge in [0.2, 0.25) is 11.8 Å². The Balaban J connectivity index is 2.35. The van der Waals surface area contributed by atoms with E-state index in [0.29, 0.717) is 17.7 Å². The maximum absolute atomic E-state index is 5.98. The van der Waals surface area contributed by atoms with Crippen LogP contribution in [0.2, 0.25) is 0 Å². The number of halogens is 2. The van der Waals surface area contributed by atoms with Gasteiger partial charge in [0.05, 0.1) is 10.7 Å². The van der Waals surface area contributed by atoms with Gasteiger partial charge < -0.3 is 10.1 Å². The first-order valence-electron chi connectivity index (χ1n) is 6.75. The molecule has 1 N–H and O–H groups in total. The molecule has 0 unspecified atom stereocenters. The van der Waals surface area contributed by atoms with Crippen LogP contribution in [0.4, 0.5) is 5.95 Å². The van der Waals surface area contributed by atoms with Crippen LogP contribution >= 0.6 is 31.9 Å². The summed E-state index contributed by atoms with van der Waals surface area (Å²) in [5, 5.41) is 3.08. The molecule has 0 saturated heterocycles. The third-order valence-electron chi connectivity index (χ3n) is 2.85. The molecule has 21 heavy (non-hydrogen) atoms. The van der Waals surface area contributed by atoms with E-state index in [9.17, 15) is 0 Å². The molecule has 1 aromatic heterocycles. The molecule has 0 aliphatic carbocycles. The lowest BCUT2D eigenvalue weighted by Gasteiger charge is -2.15. The quantitative estimate of drug-likeness (QED) is 0.716. The van der Waals surface area contributed by atoms with Crippen LogP contribution in [-0.2, 0) is 0 Å². The van der Waals surface area contributed by atoms with Crippen molar-refractivity contribution in [2.45, 2.75) is 26.7 Å². The molecule has 112 valence electrons. The lowest BCUT2D eigenvalue weighted by atomic mass is 10.0. The van der Waals surface area contributed by atoms with E-state index < -0.39 is 0 Å². The van der Waals surface area contributed by atoms with Crippen molar-refractivity contribution in [2.24, 2.45) is 0 Å². The zero-order chi connectivity index (χ0) is 15.4. The van der Waals surface area contributed by atoms with Gasteiger partial charge in [0.1, 0.15) is 5.75 Å². The van der Waals surface area contributed by atoms with E-state index in [1.165, 1.54) is 0 Å². The molecule has 0 radical (unpaired) electrons. The standard InChI is InChI=1S/C15H17Br2N3O/c1-4-18-15-19-8-12(17)14(20-15)21-13-6-5-10(16)7-11(13)9(2)3/h5-9H,4H2,1-3H3,(H,18,19,20). The summed E-state index contributed by atoms with van der Waals surface area (Å²) in [6.45, 7) is 7.02. The van der Waals surface area contributed by atoms with Crippen molar-refractivity contribution in [3.05, 3.63) is 38.9 Å². The second-order valence-corrected chi connectivity index (χ2v) is 6.59. The van der Waals surface area contributed by atoms with E-state index in [0.717, 1.165) is 26.8 Å². The average molecular weight is 415 g/mol. The van der Waals surface area contributed by atoms with Gasteiger partial charge in [-0.3, -0.25) is 0 Å². The van der Waals surface area contributed by atoms with E-state index in [4.69, 9.17) is 4.74 Å². The number of ether oxygens (including phenoxy) is 1. The number of aromatic nitrogens is 2. The van der Waals surface area contributed by atoms with Gasteiger partial charge in [-0.25, -0.2) is 4.98 Å². The first kappa shape index (κ1) is 16.2. The summed E-state index contributed by atoms with van der Waals surface area (Å²) in [4.78, 5) is 8.56. The minimum Gasteiger partial charge on any atom is -0.437 e. The number of anilines is 1. The number of nitrogens with one attached hydrogen (secondary N) is 1. The Morgan fingerprint density at radius 1 is 1.29 bits per heavy atom. The number of nitrogens with zero attached hydrogens (tertiary/aromatic N) is 2. The Labute approximate surface area is 141 Å². The van der Waals surface area contributed by atoms with Crippen LogP contribution in [0.1, 0.15) is 32.3 Å². The Morgan fingerprint density at radius 3 is 2.71 bits per heavy atom. The molecule has 1 heterocycles. The number of rotatable bonds is 5. The van der Waals surface area contributed by atoms with Gasteiger partial charge in [-0.1, -0.05) is 29.8 Å². The summed E-state index contributed by atoms with van der Waals surface area (Å²) in [7, 11) is 0. The van der Waals surface area contributed by atoms with Crippen LogP contribution in [0.5, 0.6) is 11.6 Å². The highest BCUT2D eigenvalue weighted by molar-refractivity contribution is 9.10. The smallest absolute Gasteiger partial charge is 0.238 e. The average Bonchev–Trinajstić information content (AvgIpc) is 2.44. The zero-order valence-corrected chi connectivity index (χ0v) is 15.3. The molecule has 0 fully saturated rings. The van der Waals surface area contributed by atoms with E-state index in [-0.39, 0.29) is 0 Å². The van der Waals surface area contributed by atoms with Gasteiger partial charge in [0.15, 0.2) is 0 Å². The van der Waals surface area contributed by atoms with Crippen molar-refractivity contribution in [1.82, 2.24) is 9.97 Å². The normalized spacial score (nSPS) is 10.8. The number of hydrogen-bond donors (Lipinski definition) is 1. The summed E-state index contributed by atoms with van der Waals surface area (Å²) in [6.07, 6.45) is 1.69. The van der Waals surface area contributed by atoms with Crippen LogP contribution in [0.3, 0.4) is 0 Å². The largest absolute Gasteiger partial charge is 0.437 e. The summed E-state index contributed by atoms with van der Waals surface area (Å²) in [5.41, 5.74) is 1.12. The topological polar surface area (TPSA) is 47.0 Å². The minimum absolute atomic E-state index is 0.353. The highest BCUT2D eigenvalue weighted by Gasteiger charge is 2.13. The van der Waals surface area contributed by atoms with Crippen molar-refractivity contribution < 1.29 is 4.74 Å². The van der Waals surface area contributed by atoms with Crippen LogP contribution < -0.4 is 10.1 Å². The van der Waals surface area contributed by atoms with Crippen LogP contribution in [-0.4, -0.2) is 16.5 Å². The highest BCUT2D eigenvalue weighted by atomic mass is 79.9. The lowest BCUT2D eigenvalue weighted by Crippen LogP contribution is -2.03. The van der Waals surface area contributed by atoms with Gasteiger partial charge in [-0.05, 0) is 52.5 Å². The first-order valence-corrected chi connectivity index (χ1v) is 8.33. The third-order valence-corrected chi connectivity index (χ3v) is 3.88. The zero-order valence-electron chi connectivity index (χ0n) is 12.2. The van der Waals surface area contributed by atoms with Gasteiger partial charge >= 0.3 is 0 Å². The van der Waals surface area contributed by atoms with Crippen molar-refractivity contribution in [3.8, 4) is 11.6 Å². The second kappa shape index (κ2) is 7.22. The fourth-order valence-corrected chi connectivity index (χ4v) is 2.48. The highest BCUT2D eigenvalue weighted by Crippen LogP contribution is 2.34. The molecular weight excluding hydrogens is 398 g/mol. The monoisotopic (exact) mass is 413 g/mol. The second-order valence-electron chi connectivity index (χ2n) is 4.82. The fourth-order valence-electron chi connectivity index (χ4n) is 1.83.